The third-order valence-electron chi connectivity index (χ3n) is 1.67. The van der Waals surface area contributed by atoms with Gasteiger partial charge >= 0.3 is 0 Å². The lowest BCUT2D eigenvalue weighted by Gasteiger charge is -2.17. The van der Waals surface area contributed by atoms with Crippen LogP contribution in [0.4, 0.5) is 0 Å². The summed E-state index contributed by atoms with van der Waals surface area (Å²) in [7, 11) is -4.94. The highest BCUT2D eigenvalue weighted by Gasteiger charge is 2.02. The van der Waals surface area contributed by atoms with Crippen molar-refractivity contribution in [2.45, 2.75) is 0 Å². The number of halogens is 1. The molecule has 0 spiro atoms. The van der Waals surface area contributed by atoms with Crippen molar-refractivity contribution in [3.63, 3.8) is 0 Å². The quantitative estimate of drug-likeness (QED) is 0.518. The van der Waals surface area contributed by atoms with Gasteiger partial charge in [-0.1, -0.05) is 6.07 Å². The Hall–Kier alpha value is -1.44. The molecule has 0 aliphatic rings. The van der Waals surface area contributed by atoms with E-state index in [1.165, 1.54) is 0 Å². The maximum Gasteiger partial charge on any atom is 0.252 e. The summed E-state index contributed by atoms with van der Waals surface area (Å²) in [5, 5.41) is 10.4. The summed E-state index contributed by atoms with van der Waals surface area (Å²) in [5.41, 5.74) is 0.787. The first kappa shape index (κ1) is 12.6. The number of benzene rings is 1. The molecule has 2 N–H and O–H groups in total. The van der Waals surface area contributed by atoms with Gasteiger partial charge in [-0.2, -0.15) is 0 Å². The van der Waals surface area contributed by atoms with Crippen LogP contribution in [0.15, 0.2) is 36.5 Å². The lowest BCUT2D eigenvalue weighted by atomic mass is 10.2. The van der Waals surface area contributed by atoms with Crippen LogP contribution in [-0.4, -0.2) is 5.11 Å². The lowest BCUT2D eigenvalue weighted by molar-refractivity contribution is -2.00. The van der Waals surface area contributed by atoms with Gasteiger partial charge in [-0.3, -0.25) is 0 Å². The van der Waals surface area contributed by atoms with Crippen molar-refractivity contribution in [1.82, 2.24) is 0 Å². The van der Waals surface area contributed by atoms with E-state index in [1.54, 1.807) is 12.3 Å². The van der Waals surface area contributed by atoms with Crippen LogP contribution in [-0.2, 0) is 0 Å². The molecule has 16 heavy (non-hydrogen) atoms. The van der Waals surface area contributed by atoms with Crippen molar-refractivity contribution in [2.24, 2.45) is 0 Å². The number of aromatic amines is 1. The molecule has 0 atom stereocenters. The minimum absolute atomic E-state index is 0.295. The second-order valence-corrected chi connectivity index (χ2v) is 3.55. The zero-order chi connectivity index (χ0) is 12.2. The van der Waals surface area contributed by atoms with E-state index < -0.39 is 10.2 Å². The highest BCUT2D eigenvalue weighted by Crippen LogP contribution is 2.18. The number of hydrogen-bond donors (Lipinski definition) is 1. The molecule has 0 amide bonds. The maximum absolute atomic E-state index is 9.34. The SMILES string of the molecule is Oc1cccc2ccc[nH+]c12.[O-][Cl+3]([O-])([O-])[O-]. The molecule has 0 aliphatic heterocycles. The molecule has 0 saturated carbocycles. The average molecular weight is 246 g/mol. The summed E-state index contributed by atoms with van der Waals surface area (Å²) in [4.78, 5) is 2.97. The number of nitrogens with one attached hydrogen (secondary N) is 1. The Morgan fingerprint density at radius 2 is 1.56 bits per heavy atom. The zero-order valence-electron chi connectivity index (χ0n) is 7.92. The zero-order valence-corrected chi connectivity index (χ0v) is 8.68. The number of aromatic nitrogens is 1. The fourth-order valence-corrected chi connectivity index (χ4v) is 1.14. The van der Waals surface area contributed by atoms with E-state index in [-0.39, 0.29) is 0 Å². The van der Waals surface area contributed by atoms with Crippen molar-refractivity contribution in [1.29, 1.82) is 0 Å². The average Bonchev–Trinajstić information content (AvgIpc) is 2.16. The normalized spacial score (nSPS) is 10.8. The molecule has 1 aromatic carbocycles. The summed E-state index contributed by atoms with van der Waals surface area (Å²) in [6, 6.07) is 9.29. The molecule has 2 aromatic rings. The van der Waals surface area contributed by atoms with Crippen molar-refractivity contribution >= 4 is 10.9 Å². The largest absolute Gasteiger partial charge is 0.502 e. The van der Waals surface area contributed by atoms with Crippen LogP contribution in [0.5, 0.6) is 5.75 Å². The van der Waals surface area contributed by atoms with E-state index in [4.69, 9.17) is 18.6 Å². The monoisotopic (exact) mass is 245 g/mol. The smallest absolute Gasteiger partial charge is 0.252 e. The van der Waals surface area contributed by atoms with Crippen LogP contribution in [0, 0.1) is 10.2 Å². The Labute approximate surface area is 92.8 Å². The molecule has 86 valence electrons. The predicted molar refractivity (Wildman–Crippen MR) is 42.2 cm³/mol. The van der Waals surface area contributed by atoms with Gasteiger partial charge in [0.25, 0.3) is 5.52 Å². The summed E-state index contributed by atoms with van der Waals surface area (Å²) in [6.07, 6.45) is 1.79. The van der Waals surface area contributed by atoms with Gasteiger partial charge in [-0.15, -0.1) is 10.2 Å². The van der Waals surface area contributed by atoms with Crippen molar-refractivity contribution in [3.8, 4) is 5.75 Å². The number of hydrogen-bond acceptors (Lipinski definition) is 5. The molecule has 0 radical (unpaired) electrons. The van der Waals surface area contributed by atoms with E-state index in [1.807, 2.05) is 24.3 Å². The lowest BCUT2D eigenvalue weighted by Crippen LogP contribution is -2.68. The number of para-hydroxylation sites is 1. The van der Waals surface area contributed by atoms with E-state index in [0.717, 1.165) is 10.9 Å². The van der Waals surface area contributed by atoms with Gasteiger partial charge < -0.3 is 5.11 Å². The molecule has 2 rings (SSSR count). The van der Waals surface area contributed by atoms with Gasteiger partial charge in [-0.05, 0) is 18.2 Å². The topological polar surface area (TPSA) is 127 Å². The van der Waals surface area contributed by atoms with Crippen molar-refractivity contribution < 1.29 is 39.0 Å². The van der Waals surface area contributed by atoms with Crippen LogP contribution in [0.3, 0.4) is 0 Å². The standard InChI is InChI=1S/C9H7NO.ClHO4/c11-8-5-1-3-7-4-2-6-10-9(7)8;2-1(3,4)5/h1-6,11H;(H,2,3,4,5). The third kappa shape index (κ3) is 4.39. The molecule has 7 heteroatoms. The highest BCUT2D eigenvalue weighted by atomic mass is 35.7. The molecule has 6 nitrogen and oxygen atoms in total. The summed E-state index contributed by atoms with van der Waals surface area (Å²) in [5.74, 6) is 0.295. The number of H-pyrrole nitrogens is 1. The molecule has 0 aliphatic carbocycles. The molecule has 1 heterocycles. The number of phenols is 1. The van der Waals surface area contributed by atoms with E-state index >= 15 is 0 Å². The number of phenolic OH excluding ortho intramolecular Hbond substituents is 1. The van der Waals surface area contributed by atoms with Crippen LogP contribution >= 0.6 is 0 Å². The third-order valence-corrected chi connectivity index (χ3v) is 1.67. The molecule has 0 saturated heterocycles. The highest BCUT2D eigenvalue weighted by molar-refractivity contribution is 5.80. The summed E-state index contributed by atoms with van der Waals surface area (Å²) < 4.78 is 34.0. The Morgan fingerprint density at radius 1 is 1.00 bits per heavy atom. The number of fused-ring (bicyclic) bond motifs is 1. The number of rotatable bonds is 0. The van der Waals surface area contributed by atoms with E-state index in [2.05, 4.69) is 4.98 Å². The summed E-state index contributed by atoms with van der Waals surface area (Å²) in [6.45, 7) is 0. The molecular formula is C9H8ClNO5. The number of aromatic hydroxyl groups is 1. The van der Waals surface area contributed by atoms with Gasteiger partial charge in [-0.25, -0.2) is 23.6 Å². The van der Waals surface area contributed by atoms with Crippen LogP contribution in [0.25, 0.3) is 10.9 Å². The first-order valence-corrected chi connectivity index (χ1v) is 5.31. The second-order valence-electron chi connectivity index (χ2n) is 2.79. The van der Waals surface area contributed by atoms with E-state index in [0.29, 0.717) is 5.75 Å². The van der Waals surface area contributed by atoms with Gasteiger partial charge in [0, 0.05) is 6.07 Å². The van der Waals surface area contributed by atoms with Crippen LogP contribution < -0.4 is 23.6 Å². The Kier molecular flexibility index (Phi) is 3.99. The fraction of sp³-hybridized carbons (Fsp3) is 0. The van der Waals surface area contributed by atoms with Crippen molar-refractivity contribution in [3.05, 3.63) is 36.5 Å². The van der Waals surface area contributed by atoms with Crippen LogP contribution in [0.2, 0.25) is 0 Å². The first-order valence-electron chi connectivity index (χ1n) is 4.08. The van der Waals surface area contributed by atoms with E-state index in [9.17, 15) is 5.11 Å². The minimum atomic E-state index is -4.94. The van der Waals surface area contributed by atoms with Crippen LogP contribution in [0.1, 0.15) is 0 Å². The maximum atomic E-state index is 9.34. The van der Waals surface area contributed by atoms with Gasteiger partial charge in [0.15, 0.2) is 11.9 Å². The molecule has 0 fully saturated rings. The molecule has 0 unspecified atom stereocenters. The second kappa shape index (κ2) is 5.06. The predicted octanol–water partition coefficient (Wildman–Crippen LogP) is -3.40. The Morgan fingerprint density at radius 3 is 2.12 bits per heavy atom. The fourth-order valence-electron chi connectivity index (χ4n) is 1.14. The molecule has 1 aromatic heterocycles. The Balaban J connectivity index is 0.000000221. The van der Waals surface area contributed by atoms with Gasteiger partial charge in [0.2, 0.25) is 0 Å². The summed E-state index contributed by atoms with van der Waals surface area (Å²) >= 11 is 0. The number of pyridine rings is 1. The van der Waals surface area contributed by atoms with Gasteiger partial charge in [0.05, 0.1) is 5.39 Å². The molecular weight excluding hydrogens is 238 g/mol. The minimum Gasteiger partial charge on any atom is -0.502 e. The first-order chi connectivity index (χ1) is 7.38. The van der Waals surface area contributed by atoms with Gasteiger partial charge in [0.1, 0.15) is 0 Å². The van der Waals surface area contributed by atoms with Crippen molar-refractivity contribution in [2.75, 3.05) is 0 Å². The molecule has 0 bridgehead atoms. The Bertz CT molecular complexity index is 459.